The molecule has 1 aliphatic rings. The van der Waals surface area contributed by atoms with Crippen molar-refractivity contribution < 1.29 is 4.79 Å². The van der Waals surface area contributed by atoms with E-state index in [4.69, 9.17) is 11.5 Å². The maximum atomic E-state index is 11.1. The summed E-state index contributed by atoms with van der Waals surface area (Å²) < 4.78 is 0.847. The van der Waals surface area contributed by atoms with Gasteiger partial charge in [0.25, 0.3) is 5.91 Å². The first-order chi connectivity index (χ1) is 8.42. The zero-order valence-corrected chi connectivity index (χ0v) is 11.3. The summed E-state index contributed by atoms with van der Waals surface area (Å²) in [4.78, 5) is 22.3. The Kier molecular flexibility index (Phi) is 2.19. The number of aromatic amines is 1. The molecule has 0 bridgehead atoms. The minimum atomic E-state index is -0.687. The van der Waals surface area contributed by atoms with E-state index in [1.54, 1.807) is 0 Å². The smallest absolute Gasteiger partial charge is 0.286 e. The number of nitrogen functional groups attached to an aromatic ring is 1. The number of aromatic nitrogens is 3. The van der Waals surface area contributed by atoms with E-state index in [0.29, 0.717) is 11.5 Å². The lowest BCUT2D eigenvalue weighted by Gasteiger charge is -2.08. The van der Waals surface area contributed by atoms with Crippen molar-refractivity contribution in [3.8, 4) is 0 Å². The van der Waals surface area contributed by atoms with Crippen molar-refractivity contribution in [2.24, 2.45) is 5.73 Å². The molecule has 6 nitrogen and oxygen atoms in total. The molecule has 0 radical (unpaired) electrons. The third-order valence-electron chi connectivity index (χ3n) is 3.46. The highest BCUT2D eigenvalue weighted by atomic mass is 79.9. The summed E-state index contributed by atoms with van der Waals surface area (Å²) in [5.41, 5.74) is 12.9. The van der Waals surface area contributed by atoms with Crippen LogP contribution in [-0.4, -0.2) is 20.9 Å². The molecule has 2 aromatic heterocycles. The number of carbonyl (C=O) groups is 1. The van der Waals surface area contributed by atoms with Crippen molar-refractivity contribution in [2.75, 3.05) is 5.73 Å². The van der Waals surface area contributed by atoms with Gasteiger partial charge in [-0.2, -0.15) is 0 Å². The van der Waals surface area contributed by atoms with Crippen molar-refractivity contribution >= 4 is 38.7 Å². The van der Waals surface area contributed by atoms with E-state index in [-0.39, 0.29) is 11.2 Å². The number of anilines is 1. The fraction of sp³-hybridized carbons (Fsp3) is 0.364. The van der Waals surface area contributed by atoms with Gasteiger partial charge in [0, 0.05) is 5.56 Å². The van der Waals surface area contributed by atoms with Crippen LogP contribution in [0.2, 0.25) is 0 Å². The number of nitrogens with two attached hydrogens (primary N) is 2. The average molecular weight is 310 g/mol. The van der Waals surface area contributed by atoms with E-state index in [1.165, 1.54) is 0 Å². The topological polar surface area (TPSA) is 111 Å². The van der Waals surface area contributed by atoms with E-state index in [2.05, 4.69) is 37.8 Å². The van der Waals surface area contributed by atoms with E-state index in [0.717, 1.165) is 28.4 Å². The molecule has 18 heavy (non-hydrogen) atoms. The second-order valence-corrected chi connectivity index (χ2v) is 5.69. The summed E-state index contributed by atoms with van der Waals surface area (Å²) >= 11 is 3.49. The van der Waals surface area contributed by atoms with Crippen LogP contribution in [0.25, 0.3) is 11.0 Å². The molecule has 2 aromatic rings. The number of nitrogens with zero attached hydrogens (tertiary/aromatic N) is 2. The molecule has 2 heterocycles. The molecule has 1 saturated carbocycles. The molecule has 1 amide bonds. The van der Waals surface area contributed by atoms with Gasteiger partial charge in [0.1, 0.15) is 11.5 Å². The molecule has 0 aromatic carbocycles. The average Bonchev–Trinajstić information content (AvgIpc) is 2.90. The molecule has 94 valence electrons. The molecule has 0 spiro atoms. The fourth-order valence-corrected chi connectivity index (χ4v) is 3.07. The van der Waals surface area contributed by atoms with E-state index < -0.39 is 5.91 Å². The largest absolute Gasteiger partial charge is 0.383 e. The van der Waals surface area contributed by atoms with Gasteiger partial charge in [-0.05, 0) is 34.2 Å². The van der Waals surface area contributed by atoms with Crippen LogP contribution in [0.5, 0.6) is 0 Å². The lowest BCUT2D eigenvalue weighted by Crippen LogP contribution is -2.16. The number of nitrogens with one attached hydrogen (secondary N) is 1. The standard InChI is InChI=1S/C11H12BrN5O/c1-11(2-3-11)5-4-7(13)16-10(8(14)18)17-9(4)15-6(5)12/h2-3H2,1H3,(H2,14,18)(H3,13,15,16,17). The van der Waals surface area contributed by atoms with E-state index in [1.807, 2.05) is 0 Å². The summed E-state index contributed by atoms with van der Waals surface area (Å²) in [6.45, 7) is 2.17. The Morgan fingerprint density at radius 2 is 2.11 bits per heavy atom. The van der Waals surface area contributed by atoms with Gasteiger partial charge in [-0.25, -0.2) is 9.97 Å². The Labute approximate surface area is 111 Å². The predicted molar refractivity (Wildman–Crippen MR) is 71.1 cm³/mol. The van der Waals surface area contributed by atoms with E-state index in [9.17, 15) is 4.79 Å². The number of amides is 1. The molecule has 0 unspecified atom stereocenters. The first-order valence-corrected chi connectivity index (χ1v) is 6.36. The summed E-state index contributed by atoms with van der Waals surface area (Å²) in [5, 5.41) is 0.784. The lowest BCUT2D eigenvalue weighted by molar-refractivity contribution is 0.0991. The number of carbonyl (C=O) groups excluding carboxylic acids is 1. The predicted octanol–water partition coefficient (Wildman–Crippen LogP) is 1.45. The van der Waals surface area contributed by atoms with Crippen molar-refractivity contribution in [3.05, 3.63) is 16.0 Å². The third kappa shape index (κ3) is 1.50. The van der Waals surface area contributed by atoms with Gasteiger partial charge in [0.2, 0.25) is 5.82 Å². The molecular weight excluding hydrogens is 298 g/mol. The van der Waals surface area contributed by atoms with Crippen LogP contribution in [0.1, 0.15) is 35.9 Å². The van der Waals surface area contributed by atoms with Crippen LogP contribution >= 0.6 is 15.9 Å². The van der Waals surface area contributed by atoms with Crippen LogP contribution in [0, 0.1) is 0 Å². The van der Waals surface area contributed by atoms with Crippen LogP contribution in [-0.2, 0) is 5.41 Å². The quantitative estimate of drug-likeness (QED) is 0.779. The summed E-state index contributed by atoms with van der Waals surface area (Å²) in [6, 6.07) is 0. The Morgan fingerprint density at radius 3 is 2.67 bits per heavy atom. The first kappa shape index (κ1) is 11.5. The molecule has 0 atom stereocenters. The van der Waals surface area contributed by atoms with Gasteiger partial charge in [-0.1, -0.05) is 6.92 Å². The van der Waals surface area contributed by atoms with Crippen molar-refractivity contribution in [1.29, 1.82) is 0 Å². The van der Waals surface area contributed by atoms with Gasteiger partial charge in [-0.3, -0.25) is 4.79 Å². The maximum absolute atomic E-state index is 11.1. The Balaban J connectivity index is 2.33. The fourth-order valence-electron chi connectivity index (χ4n) is 2.21. The van der Waals surface area contributed by atoms with Gasteiger partial charge in [0.05, 0.1) is 9.99 Å². The lowest BCUT2D eigenvalue weighted by atomic mass is 9.99. The summed E-state index contributed by atoms with van der Waals surface area (Å²) in [5.74, 6) is -0.464. The molecule has 0 saturated heterocycles. The van der Waals surface area contributed by atoms with Gasteiger partial charge >= 0.3 is 0 Å². The number of hydrogen-bond donors (Lipinski definition) is 3. The molecule has 1 aliphatic carbocycles. The minimum absolute atomic E-state index is 0.0683. The number of hydrogen-bond acceptors (Lipinski definition) is 4. The molecule has 3 rings (SSSR count). The second kappa shape index (κ2) is 3.44. The molecule has 0 aliphatic heterocycles. The second-order valence-electron chi connectivity index (χ2n) is 4.89. The SMILES string of the molecule is CC1(c2c(Br)[nH]c3nc(C(N)=O)nc(N)c23)CC1. The van der Waals surface area contributed by atoms with Crippen LogP contribution in [0.4, 0.5) is 5.82 Å². The normalized spacial score (nSPS) is 17.0. The number of fused-ring (bicyclic) bond motifs is 1. The van der Waals surface area contributed by atoms with Crippen molar-refractivity contribution in [3.63, 3.8) is 0 Å². The monoisotopic (exact) mass is 309 g/mol. The number of rotatable bonds is 2. The summed E-state index contributed by atoms with van der Waals surface area (Å²) in [7, 11) is 0. The van der Waals surface area contributed by atoms with Crippen molar-refractivity contribution in [1.82, 2.24) is 15.0 Å². The maximum Gasteiger partial charge on any atom is 0.286 e. The highest BCUT2D eigenvalue weighted by Crippen LogP contribution is 2.53. The van der Waals surface area contributed by atoms with E-state index >= 15 is 0 Å². The van der Waals surface area contributed by atoms with Crippen molar-refractivity contribution in [2.45, 2.75) is 25.2 Å². The Bertz CT molecular complexity index is 674. The highest BCUT2D eigenvalue weighted by molar-refractivity contribution is 9.10. The zero-order valence-electron chi connectivity index (χ0n) is 9.75. The minimum Gasteiger partial charge on any atom is -0.383 e. The molecular formula is C11H12BrN5O. The molecule has 1 fully saturated rings. The van der Waals surface area contributed by atoms with Crippen LogP contribution < -0.4 is 11.5 Å². The van der Waals surface area contributed by atoms with Gasteiger partial charge in [-0.15, -0.1) is 0 Å². The van der Waals surface area contributed by atoms with Crippen LogP contribution in [0.3, 0.4) is 0 Å². The molecule has 7 heteroatoms. The zero-order chi connectivity index (χ0) is 13.1. The number of halogens is 1. The number of primary amides is 1. The Morgan fingerprint density at radius 1 is 1.44 bits per heavy atom. The highest BCUT2D eigenvalue weighted by Gasteiger charge is 2.43. The third-order valence-corrected chi connectivity index (χ3v) is 4.05. The number of H-pyrrole nitrogens is 1. The Hall–Kier alpha value is -1.63. The summed E-state index contributed by atoms with van der Waals surface area (Å²) in [6.07, 6.45) is 2.21. The van der Waals surface area contributed by atoms with Gasteiger partial charge < -0.3 is 16.5 Å². The van der Waals surface area contributed by atoms with Crippen LogP contribution in [0.15, 0.2) is 4.60 Å². The molecule has 5 N–H and O–H groups in total. The first-order valence-electron chi connectivity index (χ1n) is 5.57. The van der Waals surface area contributed by atoms with Gasteiger partial charge in [0.15, 0.2) is 0 Å².